The molecule has 1 N–H and O–H groups in total. The molecule has 138 valence electrons. The van der Waals surface area contributed by atoms with Crippen molar-refractivity contribution in [2.24, 2.45) is 0 Å². The highest BCUT2D eigenvalue weighted by molar-refractivity contribution is 7.99. The SMILES string of the molecule is CCCOc1ccc(C(=O)OCC(=O)NCCSc2ccccc2)cc1. The molecular formula is C20H23NO4S. The zero-order valence-electron chi connectivity index (χ0n) is 14.8. The van der Waals surface area contributed by atoms with Gasteiger partial charge in [0.05, 0.1) is 12.2 Å². The Bertz CT molecular complexity index is 689. The quantitative estimate of drug-likeness (QED) is 0.392. The van der Waals surface area contributed by atoms with E-state index in [0.29, 0.717) is 24.5 Å². The highest BCUT2D eigenvalue weighted by atomic mass is 32.2. The number of amides is 1. The average molecular weight is 373 g/mol. The summed E-state index contributed by atoms with van der Waals surface area (Å²) in [5.74, 6) is 0.621. The van der Waals surface area contributed by atoms with Crippen LogP contribution in [0.2, 0.25) is 0 Å². The molecule has 26 heavy (non-hydrogen) atoms. The number of esters is 1. The van der Waals surface area contributed by atoms with Crippen LogP contribution < -0.4 is 10.1 Å². The first-order chi connectivity index (χ1) is 12.7. The number of rotatable bonds is 10. The lowest BCUT2D eigenvalue weighted by Crippen LogP contribution is -2.30. The molecular weight excluding hydrogens is 350 g/mol. The fourth-order valence-corrected chi connectivity index (χ4v) is 2.84. The third-order valence-corrected chi connectivity index (χ3v) is 4.35. The molecule has 1 amide bonds. The van der Waals surface area contributed by atoms with E-state index in [2.05, 4.69) is 5.32 Å². The minimum atomic E-state index is -0.527. The van der Waals surface area contributed by atoms with Crippen LogP contribution in [0.25, 0.3) is 0 Å². The number of carbonyl (C=O) groups excluding carboxylic acids is 2. The first-order valence-electron chi connectivity index (χ1n) is 8.53. The number of nitrogens with one attached hydrogen (secondary N) is 1. The molecule has 2 aromatic carbocycles. The van der Waals surface area contributed by atoms with Crippen LogP contribution in [-0.2, 0) is 9.53 Å². The van der Waals surface area contributed by atoms with Gasteiger partial charge in [0.1, 0.15) is 5.75 Å². The van der Waals surface area contributed by atoms with Gasteiger partial charge in [0.25, 0.3) is 5.91 Å². The highest BCUT2D eigenvalue weighted by Gasteiger charge is 2.10. The van der Waals surface area contributed by atoms with Crippen LogP contribution in [0.1, 0.15) is 23.7 Å². The summed E-state index contributed by atoms with van der Waals surface area (Å²) in [5.41, 5.74) is 0.390. The molecule has 0 saturated carbocycles. The Morgan fingerprint density at radius 2 is 1.77 bits per heavy atom. The van der Waals surface area contributed by atoms with Gasteiger partial charge in [-0.1, -0.05) is 25.1 Å². The summed E-state index contributed by atoms with van der Waals surface area (Å²) >= 11 is 1.66. The molecule has 6 heteroatoms. The van der Waals surface area contributed by atoms with Crippen LogP contribution in [0.15, 0.2) is 59.5 Å². The third kappa shape index (κ3) is 7.19. The summed E-state index contributed by atoms with van der Waals surface area (Å²) in [6.07, 6.45) is 0.919. The van der Waals surface area contributed by atoms with Gasteiger partial charge in [-0.3, -0.25) is 4.79 Å². The van der Waals surface area contributed by atoms with E-state index in [9.17, 15) is 9.59 Å². The minimum absolute atomic E-state index is 0.289. The van der Waals surface area contributed by atoms with Crippen LogP contribution in [-0.4, -0.2) is 37.4 Å². The van der Waals surface area contributed by atoms with Crippen molar-refractivity contribution in [3.8, 4) is 5.75 Å². The summed E-state index contributed by atoms with van der Waals surface area (Å²) in [6, 6.07) is 16.6. The average Bonchev–Trinajstić information content (AvgIpc) is 2.69. The molecule has 0 unspecified atom stereocenters. The molecule has 0 fully saturated rings. The topological polar surface area (TPSA) is 64.6 Å². The zero-order valence-corrected chi connectivity index (χ0v) is 15.6. The van der Waals surface area contributed by atoms with E-state index in [0.717, 1.165) is 17.1 Å². The molecule has 0 atom stereocenters. The molecule has 0 heterocycles. The van der Waals surface area contributed by atoms with Crippen molar-refractivity contribution in [2.75, 3.05) is 25.5 Å². The largest absolute Gasteiger partial charge is 0.494 e. The summed E-state index contributed by atoms with van der Waals surface area (Å²) < 4.78 is 10.5. The van der Waals surface area contributed by atoms with Gasteiger partial charge in [-0.15, -0.1) is 11.8 Å². The Morgan fingerprint density at radius 3 is 2.46 bits per heavy atom. The van der Waals surface area contributed by atoms with Gasteiger partial charge in [-0.05, 0) is 42.8 Å². The molecule has 0 aliphatic carbocycles. The number of benzene rings is 2. The van der Waals surface area contributed by atoms with E-state index in [1.54, 1.807) is 36.0 Å². The molecule has 0 aromatic heterocycles. The van der Waals surface area contributed by atoms with Crippen molar-refractivity contribution in [2.45, 2.75) is 18.2 Å². The van der Waals surface area contributed by atoms with Crippen LogP contribution in [0.4, 0.5) is 0 Å². The maximum Gasteiger partial charge on any atom is 0.338 e. The van der Waals surface area contributed by atoms with Gasteiger partial charge in [0.2, 0.25) is 0 Å². The molecule has 0 saturated heterocycles. The maximum atomic E-state index is 11.9. The van der Waals surface area contributed by atoms with Gasteiger partial charge in [0.15, 0.2) is 6.61 Å². The standard InChI is InChI=1S/C20H23NO4S/c1-2-13-24-17-10-8-16(9-11-17)20(23)25-15-19(22)21-12-14-26-18-6-4-3-5-7-18/h3-11H,2,12-15H2,1H3,(H,21,22). The predicted octanol–water partition coefficient (Wildman–Crippen LogP) is 3.54. The predicted molar refractivity (Wildman–Crippen MR) is 103 cm³/mol. The Hall–Kier alpha value is -2.47. The summed E-state index contributed by atoms with van der Waals surface area (Å²) in [5, 5.41) is 2.74. The number of hydrogen-bond acceptors (Lipinski definition) is 5. The first-order valence-corrected chi connectivity index (χ1v) is 9.52. The van der Waals surface area contributed by atoms with Crippen molar-refractivity contribution in [3.63, 3.8) is 0 Å². The lowest BCUT2D eigenvalue weighted by atomic mass is 10.2. The van der Waals surface area contributed by atoms with E-state index in [1.807, 2.05) is 37.3 Å². The van der Waals surface area contributed by atoms with E-state index in [1.165, 1.54) is 0 Å². The highest BCUT2D eigenvalue weighted by Crippen LogP contribution is 2.16. The summed E-state index contributed by atoms with van der Waals surface area (Å²) in [7, 11) is 0. The van der Waals surface area contributed by atoms with Gasteiger partial charge >= 0.3 is 5.97 Å². The number of carbonyl (C=O) groups is 2. The summed E-state index contributed by atoms with van der Waals surface area (Å²) in [6.45, 7) is 2.88. The van der Waals surface area contributed by atoms with Gasteiger partial charge < -0.3 is 14.8 Å². The van der Waals surface area contributed by atoms with Crippen molar-refractivity contribution >= 4 is 23.6 Å². The van der Waals surface area contributed by atoms with Gasteiger partial charge in [0, 0.05) is 17.2 Å². The monoisotopic (exact) mass is 373 g/mol. The maximum absolute atomic E-state index is 11.9. The van der Waals surface area contributed by atoms with Crippen molar-refractivity contribution < 1.29 is 19.1 Å². The Labute approximate surface area is 158 Å². The molecule has 0 bridgehead atoms. The zero-order chi connectivity index (χ0) is 18.6. The lowest BCUT2D eigenvalue weighted by molar-refractivity contribution is -0.124. The molecule has 0 radical (unpaired) electrons. The summed E-state index contributed by atoms with van der Waals surface area (Å²) in [4.78, 5) is 24.8. The first kappa shape index (κ1) is 19.8. The minimum Gasteiger partial charge on any atom is -0.494 e. The Morgan fingerprint density at radius 1 is 1.04 bits per heavy atom. The van der Waals surface area contributed by atoms with E-state index < -0.39 is 5.97 Å². The van der Waals surface area contributed by atoms with Crippen LogP contribution in [0, 0.1) is 0 Å². The lowest BCUT2D eigenvalue weighted by Gasteiger charge is -2.08. The molecule has 0 spiro atoms. The second kappa shape index (κ2) is 11.2. The second-order valence-corrected chi connectivity index (χ2v) is 6.63. The van der Waals surface area contributed by atoms with Gasteiger partial charge in [-0.2, -0.15) is 0 Å². The third-order valence-electron chi connectivity index (χ3n) is 3.33. The van der Waals surface area contributed by atoms with Crippen LogP contribution >= 0.6 is 11.8 Å². The fourth-order valence-electron chi connectivity index (χ4n) is 2.05. The number of ether oxygens (including phenoxy) is 2. The molecule has 0 aliphatic heterocycles. The van der Waals surface area contributed by atoms with Gasteiger partial charge in [-0.25, -0.2) is 4.79 Å². The number of hydrogen-bond donors (Lipinski definition) is 1. The molecule has 5 nitrogen and oxygen atoms in total. The van der Waals surface area contributed by atoms with E-state index in [4.69, 9.17) is 9.47 Å². The smallest absolute Gasteiger partial charge is 0.338 e. The second-order valence-electron chi connectivity index (χ2n) is 5.46. The molecule has 0 aliphatic rings. The Kier molecular flexibility index (Phi) is 8.55. The van der Waals surface area contributed by atoms with Crippen LogP contribution in [0.3, 0.4) is 0 Å². The Balaban J connectivity index is 1.64. The van der Waals surface area contributed by atoms with Crippen molar-refractivity contribution in [3.05, 3.63) is 60.2 Å². The van der Waals surface area contributed by atoms with E-state index >= 15 is 0 Å². The fraction of sp³-hybridized carbons (Fsp3) is 0.300. The number of thioether (sulfide) groups is 1. The van der Waals surface area contributed by atoms with Crippen LogP contribution in [0.5, 0.6) is 5.75 Å². The van der Waals surface area contributed by atoms with E-state index in [-0.39, 0.29) is 12.5 Å². The molecule has 2 rings (SSSR count). The van der Waals surface area contributed by atoms with Crippen molar-refractivity contribution in [1.82, 2.24) is 5.32 Å². The van der Waals surface area contributed by atoms with Crippen molar-refractivity contribution in [1.29, 1.82) is 0 Å². The normalized spacial score (nSPS) is 10.2. The molecule has 2 aromatic rings.